The Balaban J connectivity index is 1.98. The second kappa shape index (κ2) is 3.67. The molecule has 0 aromatic heterocycles. The van der Waals surface area contributed by atoms with Crippen molar-refractivity contribution in [2.24, 2.45) is 5.41 Å². The summed E-state index contributed by atoms with van der Waals surface area (Å²) < 4.78 is 0. The molecule has 1 aromatic rings. The van der Waals surface area contributed by atoms with Crippen molar-refractivity contribution < 1.29 is 0 Å². The molecule has 1 saturated heterocycles. The Morgan fingerprint density at radius 2 is 2.13 bits per heavy atom. The first kappa shape index (κ1) is 10.2. The van der Waals surface area contributed by atoms with Gasteiger partial charge in [-0.3, -0.25) is 4.90 Å². The minimum Gasteiger partial charge on any atom is -0.298 e. The van der Waals surface area contributed by atoms with E-state index >= 15 is 0 Å². The van der Waals surface area contributed by atoms with Gasteiger partial charge in [-0.15, -0.1) is 0 Å². The van der Waals surface area contributed by atoms with Gasteiger partial charge < -0.3 is 0 Å². The fourth-order valence-electron chi connectivity index (χ4n) is 2.27. The lowest BCUT2D eigenvalue weighted by molar-refractivity contribution is 0.0242. The summed E-state index contributed by atoms with van der Waals surface area (Å²) in [5, 5.41) is 8.79. The van der Waals surface area contributed by atoms with Crippen LogP contribution in [-0.2, 0) is 6.54 Å². The summed E-state index contributed by atoms with van der Waals surface area (Å²) >= 11 is 0. The second-order valence-electron chi connectivity index (χ2n) is 5.12. The molecule has 0 N–H and O–H groups in total. The summed E-state index contributed by atoms with van der Waals surface area (Å²) in [4.78, 5) is 2.41. The molecule has 2 rings (SSSR count). The Hall–Kier alpha value is -1.33. The monoisotopic (exact) mass is 200 g/mol. The van der Waals surface area contributed by atoms with E-state index in [-0.39, 0.29) is 0 Å². The molecule has 0 bridgehead atoms. The van der Waals surface area contributed by atoms with Crippen LogP contribution in [-0.4, -0.2) is 18.0 Å². The van der Waals surface area contributed by atoms with Crippen LogP contribution in [0.1, 0.15) is 25.0 Å². The van der Waals surface area contributed by atoms with E-state index in [1.165, 1.54) is 5.56 Å². The molecule has 2 heteroatoms. The summed E-state index contributed by atoms with van der Waals surface area (Å²) in [6, 6.07) is 10.0. The molecule has 0 amide bonds. The molecule has 0 aliphatic carbocycles. The normalized spacial score (nSPS) is 19.3. The molecule has 1 aliphatic rings. The van der Waals surface area contributed by atoms with E-state index in [0.717, 1.165) is 25.2 Å². The van der Waals surface area contributed by atoms with Crippen LogP contribution < -0.4 is 0 Å². The quantitative estimate of drug-likeness (QED) is 0.733. The van der Waals surface area contributed by atoms with Gasteiger partial charge in [0.1, 0.15) is 0 Å². The molecule has 0 spiro atoms. The van der Waals surface area contributed by atoms with E-state index < -0.39 is 0 Å². The summed E-state index contributed by atoms with van der Waals surface area (Å²) in [5.74, 6) is 0. The van der Waals surface area contributed by atoms with Gasteiger partial charge in [-0.1, -0.05) is 26.0 Å². The first-order valence-corrected chi connectivity index (χ1v) is 5.30. The second-order valence-corrected chi connectivity index (χ2v) is 5.12. The Kier molecular flexibility index (Phi) is 2.50. The highest BCUT2D eigenvalue weighted by Crippen LogP contribution is 2.29. The number of nitriles is 1. The molecule has 1 fully saturated rings. The van der Waals surface area contributed by atoms with Crippen molar-refractivity contribution in [1.82, 2.24) is 4.90 Å². The molecule has 2 nitrogen and oxygen atoms in total. The van der Waals surface area contributed by atoms with Gasteiger partial charge in [-0.25, -0.2) is 0 Å². The van der Waals surface area contributed by atoms with Crippen molar-refractivity contribution in [2.45, 2.75) is 20.4 Å². The zero-order valence-corrected chi connectivity index (χ0v) is 9.33. The van der Waals surface area contributed by atoms with Gasteiger partial charge in [-0.2, -0.15) is 5.26 Å². The topological polar surface area (TPSA) is 27.0 Å². The third-order valence-electron chi connectivity index (χ3n) is 2.77. The third-order valence-corrected chi connectivity index (χ3v) is 2.77. The van der Waals surface area contributed by atoms with Gasteiger partial charge in [-0.05, 0) is 23.1 Å². The smallest absolute Gasteiger partial charge is 0.0991 e. The number of benzene rings is 1. The maximum absolute atomic E-state index is 8.79. The number of hydrogen-bond acceptors (Lipinski definition) is 2. The molecule has 0 unspecified atom stereocenters. The van der Waals surface area contributed by atoms with Crippen molar-refractivity contribution in [2.75, 3.05) is 13.1 Å². The minimum atomic E-state index is 0.479. The Morgan fingerprint density at radius 1 is 1.40 bits per heavy atom. The van der Waals surface area contributed by atoms with E-state index in [1.807, 2.05) is 18.2 Å². The molecular formula is C13H16N2. The predicted octanol–water partition coefficient (Wildman–Crippen LogP) is 2.40. The van der Waals surface area contributed by atoms with Crippen LogP contribution in [0.15, 0.2) is 24.3 Å². The average molecular weight is 200 g/mol. The molecule has 78 valence electrons. The molecular weight excluding hydrogens is 184 g/mol. The Labute approximate surface area is 91.1 Å². The third kappa shape index (κ3) is 2.37. The summed E-state index contributed by atoms with van der Waals surface area (Å²) in [6.07, 6.45) is 0. The summed E-state index contributed by atoms with van der Waals surface area (Å²) in [6.45, 7) is 7.86. The number of likely N-dealkylation sites (tertiary alicyclic amines) is 1. The lowest BCUT2D eigenvalue weighted by Gasteiger charge is -2.46. The van der Waals surface area contributed by atoms with Crippen LogP contribution in [0.3, 0.4) is 0 Å². The van der Waals surface area contributed by atoms with Gasteiger partial charge in [0.05, 0.1) is 11.6 Å². The van der Waals surface area contributed by atoms with Crippen molar-refractivity contribution in [3.63, 3.8) is 0 Å². The number of hydrogen-bond donors (Lipinski definition) is 0. The number of rotatable bonds is 2. The number of nitrogens with zero attached hydrogens (tertiary/aromatic N) is 2. The Morgan fingerprint density at radius 3 is 2.73 bits per heavy atom. The molecule has 1 heterocycles. The van der Waals surface area contributed by atoms with Gasteiger partial charge >= 0.3 is 0 Å². The molecule has 0 radical (unpaired) electrons. The summed E-state index contributed by atoms with van der Waals surface area (Å²) in [7, 11) is 0. The lowest BCUT2D eigenvalue weighted by atomic mass is 9.84. The van der Waals surface area contributed by atoms with Gasteiger partial charge in [0.15, 0.2) is 0 Å². The summed E-state index contributed by atoms with van der Waals surface area (Å²) in [5.41, 5.74) is 2.48. The molecule has 0 saturated carbocycles. The maximum atomic E-state index is 8.79. The van der Waals surface area contributed by atoms with Crippen molar-refractivity contribution in [3.05, 3.63) is 35.4 Å². The highest BCUT2D eigenvalue weighted by atomic mass is 15.2. The van der Waals surface area contributed by atoms with Gasteiger partial charge in [0.25, 0.3) is 0 Å². The lowest BCUT2D eigenvalue weighted by Crippen LogP contribution is -2.52. The zero-order valence-electron chi connectivity index (χ0n) is 9.33. The van der Waals surface area contributed by atoms with E-state index in [2.05, 4.69) is 30.9 Å². The van der Waals surface area contributed by atoms with E-state index in [9.17, 15) is 0 Å². The van der Waals surface area contributed by atoms with Crippen LogP contribution in [0.5, 0.6) is 0 Å². The van der Waals surface area contributed by atoms with E-state index in [1.54, 1.807) is 0 Å². The predicted molar refractivity (Wildman–Crippen MR) is 60.2 cm³/mol. The molecule has 1 aromatic carbocycles. The highest BCUT2D eigenvalue weighted by Gasteiger charge is 2.33. The van der Waals surface area contributed by atoms with Crippen LogP contribution in [0.2, 0.25) is 0 Å². The van der Waals surface area contributed by atoms with Crippen molar-refractivity contribution in [1.29, 1.82) is 5.26 Å². The van der Waals surface area contributed by atoms with E-state index in [0.29, 0.717) is 5.41 Å². The molecule has 15 heavy (non-hydrogen) atoms. The highest BCUT2D eigenvalue weighted by molar-refractivity contribution is 5.32. The minimum absolute atomic E-state index is 0.479. The largest absolute Gasteiger partial charge is 0.298 e. The van der Waals surface area contributed by atoms with Crippen LogP contribution in [0.25, 0.3) is 0 Å². The first-order valence-electron chi connectivity index (χ1n) is 5.30. The fraction of sp³-hybridized carbons (Fsp3) is 0.462. The fourth-order valence-corrected chi connectivity index (χ4v) is 2.27. The van der Waals surface area contributed by atoms with Crippen molar-refractivity contribution in [3.8, 4) is 6.07 Å². The standard InChI is InChI=1S/C13H16N2/c1-13(2)9-15(10-13)8-12-5-3-4-11(6-12)7-14/h3-6H,8-10H2,1-2H3. The zero-order chi connectivity index (χ0) is 10.9. The van der Waals surface area contributed by atoms with Crippen LogP contribution in [0.4, 0.5) is 0 Å². The van der Waals surface area contributed by atoms with Gasteiger partial charge in [0.2, 0.25) is 0 Å². The van der Waals surface area contributed by atoms with Crippen molar-refractivity contribution >= 4 is 0 Å². The SMILES string of the molecule is CC1(C)CN(Cc2cccc(C#N)c2)C1. The molecule has 1 aliphatic heterocycles. The Bertz CT molecular complexity index is 393. The van der Waals surface area contributed by atoms with Crippen LogP contribution in [0, 0.1) is 16.7 Å². The maximum Gasteiger partial charge on any atom is 0.0991 e. The van der Waals surface area contributed by atoms with Crippen LogP contribution >= 0.6 is 0 Å². The average Bonchev–Trinajstić information content (AvgIpc) is 2.15. The first-order chi connectivity index (χ1) is 7.09. The van der Waals surface area contributed by atoms with Gasteiger partial charge in [0, 0.05) is 19.6 Å². The van der Waals surface area contributed by atoms with E-state index in [4.69, 9.17) is 5.26 Å². The molecule has 0 atom stereocenters.